The molecule has 1 amide bonds. The maximum Gasteiger partial charge on any atom is 0.220 e. The SMILES string of the molecule is CC(C)C(CC(=O)NCCCN(C)C)c1ccccc1. The summed E-state index contributed by atoms with van der Waals surface area (Å²) in [6.45, 7) is 6.12. The fraction of sp³-hybridized carbons (Fsp3) is 0.588. The Bertz CT molecular complexity index is 387. The number of benzene rings is 1. The lowest BCUT2D eigenvalue weighted by molar-refractivity contribution is -0.121. The largest absolute Gasteiger partial charge is 0.356 e. The van der Waals surface area contributed by atoms with Crippen molar-refractivity contribution in [3.05, 3.63) is 35.9 Å². The highest BCUT2D eigenvalue weighted by Crippen LogP contribution is 2.27. The van der Waals surface area contributed by atoms with E-state index in [1.54, 1.807) is 0 Å². The molecule has 1 rings (SSSR count). The average molecular weight is 276 g/mol. The molecule has 20 heavy (non-hydrogen) atoms. The molecule has 3 heteroatoms. The predicted octanol–water partition coefficient (Wildman–Crippen LogP) is 2.88. The van der Waals surface area contributed by atoms with Crippen LogP contribution in [0.2, 0.25) is 0 Å². The van der Waals surface area contributed by atoms with Gasteiger partial charge in [-0.1, -0.05) is 44.2 Å². The molecule has 3 nitrogen and oxygen atoms in total. The molecule has 0 aliphatic heterocycles. The first-order valence-electron chi connectivity index (χ1n) is 7.47. The standard InChI is InChI=1S/C17H28N2O/c1-14(2)16(15-9-6-5-7-10-15)13-17(20)18-11-8-12-19(3)4/h5-7,9-10,14,16H,8,11-13H2,1-4H3,(H,18,20). The summed E-state index contributed by atoms with van der Waals surface area (Å²) >= 11 is 0. The maximum atomic E-state index is 12.1. The quantitative estimate of drug-likeness (QED) is 0.741. The van der Waals surface area contributed by atoms with Crippen LogP contribution in [0.25, 0.3) is 0 Å². The average Bonchev–Trinajstić information content (AvgIpc) is 2.41. The van der Waals surface area contributed by atoms with Crippen LogP contribution < -0.4 is 5.32 Å². The minimum Gasteiger partial charge on any atom is -0.356 e. The van der Waals surface area contributed by atoms with Crippen molar-refractivity contribution in [1.82, 2.24) is 10.2 Å². The molecule has 0 radical (unpaired) electrons. The normalized spacial score (nSPS) is 12.7. The van der Waals surface area contributed by atoms with Gasteiger partial charge in [0.1, 0.15) is 0 Å². The summed E-state index contributed by atoms with van der Waals surface area (Å²) in [5, 5.41) is 3.03. The summed E-state index contributed by atoms with van der Waals surface area (Å²) in [5.41, 5.74) is 1.26. The molecule has 1 unspecified atom stereocenters. The first kappa shape index (κ1) is 16.7. The van der Waals surface area contributed by atoms with Crippen molar-refractivity contribution in [3.8, 4) is 0 Å². The Kier molecular flexibility index (Phi) is 7.31. The molecule has 0 spiro atoms. The van der Waals surface area contributed by atoms with Gasteiger partial charge < -0.3 is 10.2 Å². The van der Waals surface area contributed by atoms with Crippen molar-refractivity contribution in [2.24, 2.45) is 5.92 Å². The topological polar surface area (TPSA) is 32.3 Å². The first-order valence-corrected chi connectivity index (χ1v) is 7.47. The molecule has 0 aromatic heterocycles. The van der Waals surface area contributed by atoms with E-state index in [0.717, 1.165) is 19.5 Å². The fourth-order valence-corrected chi connectivity index (χ4v) is 2.33. The zero-order valence-corrected chi connectivity index (χ0v) is 13.2. The molecule has 0 bridgehead atoms. The molecule has 112 valence electrons. The number of hydrogen-bond donors (Lipinski definition) is 1. The summed E-state index contributed by atoms with van der Waals surface area (Å²) in [6.07, 6.45) is 1.57. The van der Waals surface area contributed by atoms with E-state index in [4.69, 9.17) is 0 Å². The van der Waals surface area contributed by atoms with E-state index in [1.165, 1.54) is 5.56 Å². The number of carbonyl (C=O) groups is 1. The highest BCUT2D eigenvalue weighted by molar-refractivity contribution is 5.76. The van der Waals surface area contributed by atoms with Crippen LogP contribution in [-0.2, 0) is 4.79 Å². The van der Waals surface area contributed by atoms with Crippen molar-refractivity contribution in [1.29, 1.82) is 0 Å². The van der Waals surface area contributed by atoms with Crippen molar-refractivity contribution in [2.45, 2.75) is 32.6 Å². The minimum absolute atomic E-state index is 0.159. The van der Waals surface area contributed by atoms with E-state index in [0.29, 0.717) is 18.3 Å². The second-order valence-corrected chi connectivity index (χ2v) is 5.97. The van der Waals surface area contributed by atoms with Crippen molar-refractivity contribution in [2.75, 3.05) is 27.2 Å². The third-order valence-corrected chi connectivity index (χ3v) is 3.54. The fourth-order valence-electron chi connectivity index (χ4n) is 2.33. The van der Waals surface area contributed by atoms with Crippen LogP contribution in [0.5, 0.6) is 0 Å². The van der Waals surface area contributed by atoms with E-state index in [1.807, 2.05) is 32.3 Å². The smallest absolute Gasteiger partial charge is 0.220 e. The van der Waals surface area contributed by atoms with Crippen LogP contribution in [-0.4, -0.2) is 38.0 Å². The zero-order chi connectivity index (χ0) is 15.0. The first-order chi connectivity index (χ1) is 9.50. The van der Waals surface area contributed by atoms with E-state index >= 15 is 0 Å². The molecule has 1 aromatic rings. The van der Waals surface area contributed by atoms with Crippen LogP contribution in [0.4, 0.5) is 0 Å². The van der Waals surface area contributed by atoms with Crippen LogP contribution in [0.15, 0.2) is 30.3 Å². The maximum absolute atomic E-state index is 12.1. The predicted molar refractivity (Wildman–Crippen MR) is 84.8 cm³/mol. The second kappa shape index (κ2) is 8.75. The number of nitrogens with zero attached hydrogens (tertiary/aromatic N) is 1. The summed E-state index contributed by atoms with van der Waals surface area (Å²) in [4.78, 5) is 14.2. The Labute approximate surface area is 123 Å². The van der Waals surface area contributed by atoms with E-state index in [2.05, 4.69) is 36.2 Å². The van der Waals surface area contributed by atoms with Gasteiger partial charge >= 0.3 is 0 Å². The lowest BCUT2D eigenvalue weighted by Crippen LogP contribution is -2.29. The van der Waals surface area contributed by atoms with Gasteiger partial charge in [0.2, 0.25) is 5.91 Å². The molecule has 0 heterocycles. The summed E-state index contributed by atoms with van der Waals surface area (Å²) in [6, 6.07) is 10.3. The zero-order valence-electron chi connectivity index (χ0n) is 13.2. The van der Waals surface area contributed by atoms with Gasteiger partial charge in [-0.3, -0.25) is 4.79 Å². The summed E-state index contributed by atoms with van der Waals surface area (Å²) in [7, 11) is 4.10. The van der Waals surface area contributed by atoms with Crippen molar-refractivity contribution < 1.29 is 4.79 Å². The lowest BCUT2D eigenvalue weighted by Gasteiger charge is -2.21. The Morgan fingerprint density at radius 1 is 1.20 bits per heavy atom. The summed E-state index contributed by atoms with van der Waals surface area (Å²) < 4.78 is 0. The van der Waals surface area contributed by atoms with Crippen molar-refractivity contribution in [3.63, 3.8) is 0 Å². The van der Waals surface area contributed by atoms with Crippen molar-refractivity contribution >= 4 is 5.91 Å². The monoisotopic (exact) mass is 276 g/mol. The Morgan fingerprint density at radius 3 is 2.40 bits per heavy atom. The Balaban J connectivity index is 2.44. The van der Waals surface area contributed by atoms with Crippen LogP contribution in [0.1, 0.15) is 38.2 Å². The second-order valence-electron chi connectivity index (χ2n) is 5.97. The van der Waals surface area contributed by atoms with Crippen LogP contribution in [0, 0.1) is 5.92 Å². The lowest BCUT2D eigenvalue weighted by atomic mass is 9.85. The number of carbonyl (C=O) groups excluding carboxylic acids is 1. The van der Waals surface area contributed by atoms with Gasteiger partial charge in [-0.15, -0.1) is 0 Å². The highest BCUT2D eigenvalue weighted by atomic mass is 16.1. The molecule has 0 fully saturated rings. The Hall–Kier alpha value is -1.35. The van der Waals surface area contributed by atoms with Gasteiger partial charge in [0.15, 0.2) is 0 Å². The molecular weight excluding hydrogens is 248 g/mol. The van der Waals surface area contributed by atoms with Gasteiger partial charge in [0.05, 0.1) is 0 Å². The van der Waals surface area contributed by atoms with Gasteiger partial charge in [-0.2, -0.15) is 0 Å². The minimum atomic E-state index is 0.159. The highest BCUT2D eigenvalue weighted by Gasteiger charge is 2.19. The molecule has 0 aliphatic carbocycles. The van der Waals surface area contributed by atoms with Crippen LogP contribution >= 0.6 is 0 Å². The number of nitrogens with one attached hydrogen (secondary N) is 1. The molecule has 1 atom stereocenters. The number of amides is 1. The van der Waals surface area contributed by atoms with Gasteiger partial charge in [0.25, 0.3) is 0 Å². The molecule has 0 saturated carbocycles. The third kappa shape index (κ3) is 6.20. The molecular formula is C17H28N2O. The molecule has 0 aliphatic rings. The third-order valence-electron chi connectivity index (χ3n) is 3.54. The van der Waals surface area contributed by atoms with E-state index < -0.39 is 0 Å². The van der Waals surface area contributed by atoms with Gasteiger partial charge in [-0.25, -0.2) is 0 Å². The Morgan fingerprint density at radius 2 is 1.85 bits per heavy atom. The van der Waals surface area contributed by atoms with E-state index in [9.17, 15) is 4.79 Å². The van der Waals surface area contributed by atoms with Gasteiger partial charge in [-0.05, 0) is 44.5 Å². The number of hydrogen-bond acceptors (Lipinski definition) is 2. The molecule has 1 N–H and O–H groups in total. The number of rotatable bonds is 8. The van der Waals surface area contributed by atoms with Crippen LogP contribution in [0.3, 0.4) is 0 Å². The molecule has 0 saturated heterocycles. The van der Waals surface area contributed by atoms with Gasteiger partial charge in [0, 0.05) is 13.0 Å². The molecule has 1 aromatic carbocycles. The summed E-state index contributed by atoms with van der Waals surface area (Å²) in [5.74, 6) is 0.918. The van der Waals surface area contributed by atoms with E-state index in [-0.39, 0.29) is 5.91 Å².